The summed E-state index contributed by atoms with van der Waals surface area (Å²) in [7, 11) is 0. The van der Waals surface area contributed by atoms with Crippen LogP contribution in [0.15, 0.2) is 120 Å². The Morgan fingerprint density at radius 3 is 2.32 bits per heavy atom. The van der Waals surface area contributed by atoms with Crippen molar-refractivity contribution in [3.8, 4) is 6.07 Å². The van der Waals surface area contributed by atoms with Crippen LogP contribution in [-0.4, -0.2) is 17.7 Å². The molecular formula is C44H42N4O3S2. The van der Waals surface area contributed by atoms with Gasteiger partial charge in [-0.25, -0.2) is 0 Å². The maximum Gasteiger partial charge on any atom is 0.272 e. The van der Waals surface area contributed by atoms with Crippen molar-refractivity contribution in [2.45, 2.75) is 57.1 Å². The van der Waals surface area contributed by atoms with E-state index in [0.717, 1.165) is 46.4 Å². The molecule has 9 heteroatoms. The van der Waals surface area contributed by atoms with Crippen LogP contribution >= 0.6 is 23.1 Å². The van der Waals surface area contributed by atoms with E-state index >= 15 is 0 Å². The number of nitrogens with zero attached hydrogens (tertiary/aromatic N) is 1. The Hall–Kier alpha value is -5.43. The van der Waals surface area contributed by atoms with Crippen LogP contribution in [0.4, 0.5) is 10.7 Å². The first-order chi connectivity index (χ1) is 25.5. The number of anilines is 2. The second-order valence-electron chi connectivity index (χ2n) is 14.3. The summed E-state index contributed by atoms with van der Waals surface area (Å²) in [5, 5.41) is 19.0. The van der Waals surface area contributed by atoms with Crippen LogP contribution in [0.25, 0.3) is 6.08 Å². The molecule has 1 aromatic heterocycles. The molecule has 1 aliphatic rings. The van der Waals surface area contributed by atoms with Gasteiger partial charge in [0.1, 0.15) is 22.0 Å². The second kappa shape index (κ2) is 16.5. The molecule has 3 N–H and O–H groups in total. The fourth-order valence-corrected chi connectivity index (χ4v) is 8.82. The van der Waals surface area contributed by atoms with Gasteiger partial charge in [0.2, 0.25) is 5.91 Å². The summed E-state index contributed by atoms with van der Waals surface area (Å²) in [4.78, 5) is 43.0. The fourth-order valence-electron chi connectivity index (χ4n) is 6.46. The molecule has 5 aromatic rings. The first-order valence-electron chi connectivity index (χ1n) is 17.6. The molecule has 1 aliphatic carbocycles. The molecular weight excluding hydrogens is 697 g/mol. The predicted octanol–water partition coefficient (Wildman–Crippen LogP) is 9.96. The monoisotopic (exact) mass is 738 g/mol. The van der Waals surface area contributed by atoms with Crippen LogP contribution < -0.4 is 16.0 Å². The van der Waals surface area contributed by atoms with E-state index in [9.17, 15) is 19.6 Å². The van der Waals surface area contributed by atoms with Gasteiger partial charge in [0.05, 0.1) is 5.56 Å². The molecule has 0 radical (unpaired) electrons. The molecule has 2 unspecified atom stereocenters. The van der Waals surface area contributed by atoms with E-state index in [-0.39, 0.29) is 17.0 Å². The second-order valence-corrected chi connectivity index (χ2v) is 16.6. The number of fused-ring (bicyclic) bond motifs is 1. The summed E-state index contributed by atoms with van der Waals surface area (Å²) in [6.45, 7) is 8.75. The number of thiophene rings is 1. The third kappa shape index (κ3) is 9.33. The van der Waals surface area contributed by atoms with Crippen molar-refractivity contribution in [1.29, 1.82) is 5.26 Å². The molecule has 0 saturated carbocycles. The van der Waals surface area contributed by atoms with Crippen LogP contribution in [0.1, 0.15) is 75.5 Å². The summed E-state index contributed by atoms with van der Waals surface area (Å²) in [5.41, 5.74) is 5.42. The van der Waals surface area contributed by atoms with Crippen molar-refractivity contribution < 1.29 is 14.4 Å². The zero-order valence-corrected chi connectivity index (χ0v) is 31.9. The van der Waals surface area contributed by atoms with Crippen molar-refractivity contribution in [3.05, 3.63) is 153 Å². The number of hydrogen-bond donors (Lipinski definition) is 3. The SMILES string of the molecule is Cc1cccc(/C=C(/NC(=O)c2ccccc2)C(=O)Nc2cccc(SC(C(=O)Nc3sc4c(c3C#N)CCC(C(C)(C)C)C4)c3ccccc3)c2)c1. The highest BCUT2D eigenvalue weighted by Crippen LogP contribution is 2.45. The fraction of sp³-hybridized carbons (Fsp3) is 0.227. The lowest BCUT2D eigenvalue weighted by atomic mass is 9.72. The standard InChI is InChI=1S/C44H42N4O3S2/c1-28-13-11-14-29(23-28)24-37(47-40(49)31-17-9-6-10-18-31)41(50)46-33-19-12-20-34(26-33)52-39(30-15-7-5-8-16-30)42(51)48-43-36(27-45)35-22-21-32(44(2,3)4)25-38(35)53-43/h5-20,23-24,26,32,39H,21-22,25H2,1-4H3,(H,46,50)(H,47,49)(H,48,51)/b37-24+. The number of nitriles is 1. The van der Waals surface area contributed by atoms with Crippen LogP contribution in [-0.2, 0) is 22.4 Å². The maximum absolute atomic E-state index is 14.1. The summed E-state index contributed by atoms with van der Waals surface area (Å²) in [5.74, 6) is -0.612. The van der Waals surface area contributed by atoms with Crippen molar-refractivity contribution in [3.63, 3.8) is 0 Å². The number of carbonyl (C=O) groups is 3. The minimum Gasteiger partial charge on any atom is -0.321 e. The molecule has 0 aliphatic heterocycles. The van der Waals surface area contributed by atoms with Gasteiger partial charge in [-0.05, 0) is 90.6 Å². The summed E-state index contributed by atoms with van der Waals surface area (Å²) >= 11 is 2.88. The average molecular weight is 739 g/mol. The summed E-state index contributed by atoms with van der Waals surface area (Å²) < 4.78 is 0. The molecule has 0 spiro atoms. The van der Waals surface area contributed by atoms with Crippen molar-refractivity contribution in [1.82, 2.24) is 5.32 Å². The van der Waals surface area contributed by atoms with Crippen molar-refractivity contribution in [2.24, 2.45) is 11.3 Å². The van der Waals surface area contributed by atoms with Gasteiger partial charge in [-0.2, -0.15) is 5.26 Å². The van der Waals surface area contributed by atoms with Crippen LogP contribution in [0.5, 0.6) is 0 Å². The molecule has 0 bridgehead atoms. The van der Waals surface area contributed by atoms with Crippen LogP contribution in [0.3, 0.4) is 0 Å². The molecule has 268 valence electrons. The molecule has 4 aromatic carbocycles. The number of thioether (sulfide) groups is 1. The highest BCUT2D eigenvalue weighted by molar-refractivity contribution is 8.00. The van der Waals surface area contributed by atoms with Gasteiger partial charge in [0.15, 0.2) is 0 Å². The van der Waals surface area contributed by atoms with Crippen LogP contribution in [0.2, 0.25) is 0 Å². The van der Waals surface area contributed by atoms with E-state index < -0.39 is 17.1 Å². The predicted molar refractivity (Wildman–Crippen MR) is 216 cm³/mol. The molecule has 53 heavy (non-hydrogen) atoms. The van der Waals surface area contributed by atoms with E-state index in [1.165, 1.54) is 28.0 Å². The molecule has 6 rings (SSSR count). The zero-order chi connectivity index (χ0) is 37.5. The van der Waals surface area contributed by atoms with Gasteiger partial charge in [0, 0.05) is 21.0 Å². The van der Waals surface area contributed by atoms with Crippen molar-refractivity contribution in [2.75, 3.05) is 10.6 Å². The summed E-state index contributed by atoms with van der Waals surface area (Å²) in [6.07, 6.45) is 4.41. The average Bonchev–Trinajstić information content (AvgIpc) is 3.50. The van der Waals surface area contributed by atoms with E-state index in [1.54, 1.807) is 36.4 Å². The number of amides is 3. The topological polar surface area (TPSA) is 111 Å². The van der Waals surface area contributed by atoms with Gasteiger partial charge >= 0.3 is 0 Å². The maximum atomic E-state index is 14.1. The molecule has 7 nitrogen and oxygen atoms in total. The molecule has 3 amide bonds. The largest absolute Gasteiger partial charge is 0.321 e. The van der Waals surface area contributed by atoms with Gasteiger partial charge < -0.3 is 16.0 Å². The number of nitrogens with one attached hydrogen (secondary N) is 3. The third-order valence-electron chi connectivity index (χ3n) is 9.41. The number of benzene rings is 4. The number of rotatable bonds is 10. The molecule has 0 saturated heterocycles. The number of hydrogen-bond acceptors (Lipinski definition) is 6. The van der Waals surface area contributed by atoms with Crippen LogP contribution in [0, 0.1) is 29.6 Å². The van der Waals surface area contributed by atoms with Gasteiger partial charge in [-0.1, -0.05) is 105 Å². The Morgan fingerprint density at radius 1 is 0.906 bits per heavy atom. The Bertz CT molecular complexity index is 2200. The van der Waals surface area contributed by atoms with E-state index in [0.29, 0.717) is 27.7 Å². The Labute approximate surface area is 319 Å². The lowest BCUT2D eigenvalue weighted by molar-refractivity contribution is -0.116. The highest BCUT2D eigenvalue weighted by Gasteiger charge is 2.33. The first-order valence-corrected chi connectivity index (χ1v) is 19.3. The quantitative estimate of drug-likeness (QED) is 0.0976. The molecule has 1 heterocycles. The molecule has 0 fully saturated rings. The lowest BCUT2D eigenvalue weighted by Crippen LogP contribution is -2.30. The minimum atomic E-state index is -0.642. The van der Waals surface area contributed by atoms with Gasteiger partial charge in [-0.15, -0.1) is 23.1 Å². The van der Waals surface area contributed by atoms with E-state index in [4.69, 9.17) is 0 Å². The van der Waals surface area contributed by atoms with Gasteiger partial charge in [-0.3, -0.25) is 14.4 Å². The highest BCUT2D eigenvalue weighted by atomic mass is 32.2. The lowest BCUT2D eigenvalue weighted by Gasteiger charge is -2.33. The normalized spacial score (nSPS) is 14.7. The summed E-state index contributed by atoms with van der Waals surface area (Å²) in [6, 6.07) is 35.6. The van der Waals surface area contributed by atoms with Gasteiger partial charge in [0.25, 0.3) is 11.8 Å². The first kappa shape index (κ1) is 37.3. The Kier molecular flexibility index (Phi) is 11.6. The van der Waals surface area contributed by atoms with Crippen molar-refractivity contribution >= 4 is 57.6 Å². The van der Waals surface area contributed by atoms with E-state index in [2.05, 4.69) is 42.8 Å². The Balaban J connectivity index is 1.23. The zero-order valence-electron chi connectivity index (χ0n) is 30.2. The number of carbonyl (C=O) groups excluding carboxylic acids is 3. The van der Waals surface area contributed by atoms with E-state index in [1.807, 2.05) is 85.8 Å². The third-order valence-corrected chi connectivity index (χ3v) is 11.8. The Morgan fingerprint density at radius 2 is 1.62 bits per heavy atom. The molecule has 2 atom stereocenters. The number of aryl methyl sites for hydroxylation is 1. The smallest absolute Gasteiger partial charge is 0.272 e. The minimum absolute atomic E-state index is 0.0878.